The second-order valence-electron chi connectivity index (χ2n) is 14.7. The Bertz CT molecular complexity index is 1940. The smallest absolute Gasteiger partial charge is 0.414 e. The number of rotatable bonds is 11. The average Bonchev–Trinajstić information content (AvgIpc) is 3.14. The van der Waals surface area contributed by atoms with Crippen LogP contribution < -0.4 is 19.1 Å². The van der Waals surface area contributed by atoms with Gasteiger partial charge in [0.05, 0.1) is 26.3 Å². The number of piperidine rings is 3. The van der Waals surface area contributed by atoms with E-state index in [-0.39, 0.29) is 40.1 Å². The molecular formula is C41H45Cl2N3O7. The third-order valence-corrected chi connectivity index (χ3v) is 10.7. The Kier molecular flexibility index (Phi) is 11.7. The van der Waals surface area contributed by atoms with Crippen molar-refractivity contribution >= 4 is 41.0 Å². The zero-order chi connectivity index (χ0) is 37.9. The van der Waals surface area contributed by atoms with Crippen molar-refractivity contribution in [3.63, 3.8) is 0 Å². The van der Waals surface area contributed by atoms with Crippen molar-refractivity contribution in [1.82, 2.24) is 4.90 Å². The van der Waals surface area contributed by atoms with E-state index in [9.17, 15) is 14.8 Å². The highest BCUT2D eigenvalue weighted by Gasteiger charge is 2.37. The molecule has 4 heterocycles. The molecule has 3 aliphatic heterocycles. The van der Waals surface area contributed by atoms with Crippen LogP contribution in [0.25, 0.3) is 0 Å². The lowest BCUT2D eigenvalue weighted by Crippen LogP contribution is -2.53. The van der Waals surface area contributed by atoms with Crippen LogP contribution in [-0.4, -0.2) is 56.9 Å². The summed E-state index contributed by atoms with van der Waals surface area (Å²) in [5, 5.41) is 12.2. The molecule has 4 aromatic rings. The molecule has 3 fully saturated rings. The highest BCUT2D eigenvalue weighted by Crippen LogP contribution is 2.36. The Labute approximate surface area is 320 Å². The number of aromatic nitrogens is 1. The highest BCUT2D eigenvalue weighted by atomic mass is 35.5. The number of pyridine rings is 1. The van der Waals surface area contributed by atoms with Crippen molar-refractivity contribution in [2.24, 2.45) is 5.92 Å². The first-order valence-corrected chi connectivity index (χ1v) is 18.5. The Morgan fingerprint density at radius 1 is 0.943 bits per heavy atom. The molecule has 10 nitrogen and oxygen atoms in total. The third-order valence-electron chi connectivity index (χ3n) is 10.1. The van der Waals surface area contributed by atoms with Crippen LogP contribution in [0.3, 0.4) is 0 Å². The minimum Gasteiger partial charge on any atom is -0.619 e. The molecule has 7 rings (SSSR count). The quantitative estimate of drug-likeness (QED) is 0.0854. The van der Waals surface area contributed by atoms with Crippen LogP contribution in [0.2, 0.25) is 10.0 Å². The fourth-order valence-corrected chi connectivity index (χ4v) is 7.61. The van der Waals surface area contributed by atoms with E-state index in [0.29, 0.717) is 44.5 Å². The lowest BCUT2D eigenvalue weighted by molar-refractivity contribution is -0.605. The SMILES string of the molecule is COc1ccc([C@H](Cc2c(Cl)c[n+]([O-])cc2Cl)OC(=O)c2cccc(CN(C(=O)O[C@H]3CN4CCC3CC4)c3cccc(C(C)(C)C)c3)c2)cc1OC. The molecular weight excluding hydrogens is 717 g/mol. The molecule has 3 aromatic carbocycles. The molecule has 0 aliphatic carbocycles. The zero-order valence-corrected chi connectivity index (χ0v) is 32.2. The number of anilines is 1. The molecule has 1 amide bonds. The fourth-order valence-electron chi connectivity index (χ4n) is 7.01. The largest absolute Gasteiger partial charge is 0.619 e. The van der Waals surface area contributed by atoms with Gasteiger partial charge in [0, 0.05) is 24.2 Å². The van der Waals surface area contributed by atoms with E-state index in [4.69, 9.17) is 42.1 Å². The number of nitrogens with zero attached hydrogens (tertiary/aromatic N) is 3. The van der Waals surface area contributed by atoms with Gasteiger partial charge in [-0.25, -0.2) is 9.59 Å². The Morgan fingerprint density at radius 2 is 1.64 bits per heavy atom. The maximum Gasteiger partial charge on any atom is 0.414 e. The first-order valence-electron chi connectivity index (χ1n) is 17.7. The second kappa shape index (κ2) is 16.2. The second-order valence-corrected chi connectivity index (χ2v) is 15.5. The van der Waals surface area contributed by atoms with Gasteiger partial charge in [-0.05, 0) is 90.4 Å². The summed E-state index contributed by atoms with van der Waals surface area (Å²) in [5.74, 6) is 0.688. The topological polar surface area (TPSA) is 104 Å². The first kappa shape index (κ1) is 38.2. The van der Waals surface area contributed by atoms with Crippen molar-refractivity contribution < 1.29 is 33.3 Å². The van der Waals surface area contributed by atoms with Gasteiger partial charge < -0.3 is 24.2 Å². The monoisotopic (exact) mass is 761 g/mol. The van der Waals surface area contributed by atoms with Gasteiger partial charge in [-0.1, -0.05) is 74.3 Å². The molecule has 53 heavy (non-hydrogen) atoms. The highest BCUT2D eigenvalue weighted by molar-refractivity contribution is 6.35. The number of amides is 1. The molecule has 280 valence electrons. The Balaban J connectivity index is 1.29. The van der Waals surface area contributed by atoms with Crippen LogP contribution in [0.15, 0.2) is 79.1 Å². The minimum absolute atomic E-state index is 0.0722. The predicted molar refractivity (Wildman–Crippen MR) is 204 cm³/mol. The molecule has 12 heteroatoms. The number of benzene rings is 3. The number of carbonyl (C=O) groups excluding carboxylic acids is 2. The summed E-state index contributed by atoms with van der Waals surface area (Å²) >= 11 is 12.9. The average molecular weight is 763 g/mol. The lowest BCUT2D eigenvalue weighted by atomic mass is 9.86. The van der Waals surface area contributed by atoms with E-state index < -0.39 is 18.2 Å². The number of ether oxygens (including phenoxy) is 4. The fraction of sp³-hybridized carbons (Fsp3) is 0.390. The summed E-state index contributed by atoms with van der Waals surface area (Å²) < 4.78 is 23.8. The van der Waals surface area contributed by atoms with Crippen LogP contribution >= 0.6 is 23.2 Å². The molecule has 0 spiro atoms. The van der Waals surface area contributed by atoms with Crippen LogP contribution in [0.5, 0.6) is 11.5 Å². The van der Waals surface area contributed by atoms with E-state index >= 15 is 0 Å². The zero-order valence-electron chi connectivity index (χ0n) is 30.6. The first-order chi connectivity index (χ1) is 25.3. The van der Waals surface area contributed by atoms with Crippen molar-refractivity contribution in [1.29, 1.82) is 0 Å². The Morgan fingerprint density at radius 3 is 2.28 bits per heavy atom. The molecule has 2 atom stereocenters. The minimum atomic E-state index is -0.878. The van der Waals surface area contributed by atoms with Gasteiger partial charge in [0.15, 0.2) is 23.9 Å². The van der Waals surface area contributed by atoms with E-state index in [0.717, 1.165) is 38.0 Å². The number of methoxy groups -OCH3 is 2. The summed E-state index contributed by atoms with van der Waals surface area (Å²) in [5.41, 5.74) is 3.68. The van der Waals surface area contributed by atoms with Crippen molar-refractivity contribution in [3.05, 3.63) is 122 Å². The normalized spacial score (nSPS) is 18.6. The molecule has 3 saturated heterocycles. The summed E-state index contributed by atoms with van der Waals surface area (Å²) in [4.78, 5) is 32.0. The molecule has 2 bridgehead atoms. The van der Waals surface area contributed by atoms with E-state index in [1.165, 1.54) is 26.6 Å². The van der Waals surface area contributed by atoms with Crippen molar-refractivity contribution in [3.8, 4) is 11.5 Å². The number of fused-ring (bicyclic) bond motifs is 3. The van der Waals surface area contributed by atoms with Crippen LogP contribution in [-0.2, 0) is 27.9 Å². The molecule has 0 N–H and O–H groups in total. The summed E-state index contributed by atoms with van der Waals surface area (Å²) in [7, 11) is 3.05. The maximum absolute atomic E-state index is 14.1. The molecule has 1 aromatic heterocycles. The van der Waals surface area contributed by atoms with E-state index in [1.54, 1.807) is 41.3 Å². The number of hydrogen-bond donors (Lipinski definition) is 0. The van der Waals surface area contributed by atoms with Gasteiger partial charge in [-0.2, -0.15) is 4.73 Å². The van der Waals surface area contributed by atoms with Crippen molar-refractivity contribution in [2.75, 3.05) is 38.8 Å². The summed E-state index contributed by atoms with van der Waals surface area (Å²) in [6.07, 6.45) is 3.04. The standard InChI is InChI=1S/C41H45Cl2N3O7/c1-41(2,3)30-10-7-11-31(20-30)46(40(48)53-38-25-44-16-14-27(38)15-17-44)22-26-8-6-9-29(18-26)39(47)52-36(21-32-33(42)23-45(49)24-34(32)43)28-12-13-35(50-4)37(19-28)51-5/h6-13,18-20,23-24,27,36,38H,14-17,21-22,25H2,1-5H3/t36-,38-/m0/s1. The number of esters is 1. The van der Waals surface area contributed by atoms with Crippen LogP contribution in [0, 0.1) is 11.1 Å². The van der Waals surface area contributed by atoms with E-state index in [2.05, 4.69) is 31.7 Å². The molecule has 0 radical (unpaired) electrons. The number of carbonyl (C=O) groups is 2. The number of hydrogen-bond acceptors (Lipinski definition) is 8. The van der Waals surface area contributed by atoms with E-state index in [1.807, 2.05) is 24.3 Å². The van der Waals surface area contributed by atoms with Gasteiger partial charge in [0.2, 0.25) is 0 Å². The molecule has 0 saturated carbocycles. The molecule has 0 unspecified atom stereocenters. The summed E-state index contributed by atoms with van der Waals surface area (Å²) in [6.45, 7) is 9.38. The van der Waals surface area contributed by atoms with Gasteiger partial charge in [-0.15, -0.1) is 0 Å². The van der Waals surface area contributed by atoms with Crippen LogP contribution in [0.4, 0.5) is 10.5 Å². The predicted octanol–water partition coefficient (Wildman–Crippen LogP) is 8.32. The van der Waals surface area contributed by atoms with Gasteiger partial charge in [-0.3, -0.25) is 9.80 Å². The third kappa shape index (κ3) is 9.00. The summed E-state index contributed by atoms with van der Waals surface area (Å²) in [6, 6.07) is 20.2. The van der Waals surface area contributed by atoms with Gasteiger partial charge in [0.25, 0.3) is 0 Å². The lowest BCUT2D eigenvalue weighted by Gasteiger charge is -2.44. The maximum atomic E-state index is 14.1. The number of halogens is 2. The van der Waals surface area contributed by atoms with Crippen molar-refractivity contribution in [2.45, 2.75) is 64.2 Å². The Hall–Kier alpha value is -4.51. The van der Waals surface area contributed by atoms with Gasteiger partial charge >= 0.3 is 12.1 Å². The van der Waals surface area contributed by atoms with Gasteiger partial charge in [0.1, 0.15) is 22.3 Å². The van der Waals surface area contributed by atoms with Crippen LogP contribution in [0.1, 0.15) is 72.3 Å². The molecule has 3 aliphatic rings.